The van der Waals surface area contributed by atoms with Crippen molar-refractivity contribution in [2.45, 2.75) is 11.8 Å². The third-order valence-electron chi connectivity index (χ3n) is 3.95. The van der Waals surface area contributed by atoms with Gasteiger partial charge in [0.15, 0.2) is 0 Å². The molecule has 0 saturated carbocycles. The van der Waals surface area contributed by atoms with E-state index in [2.05, 4.69) is 0 Å². The third kappa shape index (κ3) is 3.32. The molecule has 1 saturated heterocycles. The van der Waals surface area contributed by atoms with Gasteiger partial charge in [-0.1, -0.05) is 18.2 Å². The fourth-order valence-electron chi connectivity index (χ4n) is 2.54. The summed E-state index contributed by atoms with van der Waals surface area (Å²) in [5.74, 6) is -0.685. The molecule has 1 heterocycles. The Kier molecular flexibility index (Phi) is 4.67. The number of ether oxygens (including phenoxy) is 1. The SMILES string of the molecule is COc1cccc(C(=O)ON2C(=O)CSC2(C)c2ccc(F)cc2)c1. The van der Waals surface area contributed by atoms with Gasteiger partial charge in [0.1, 0.15) is 16.4 Å². The lowest BCUT2D eigenvalue weighted by molar-refractivity contribution is -0.175. The molecular formula is C18H16FNO4S. The molecule has 0 aliphatic carbocycles. The first-order valence-corrected chi connectivity index (χ1v) is 8.52. The molecule has 0 N–H and O–H groups in total. The molecule has 2 aromatic carbocycles. The molecule has 0 spiro atoms. The Bertz CT molecular complexity index is 811. The molecule has 1 fully saturated rings. The second-order valence-corrected chi connectivity index (χ2v) is 6.95. The number of nitrogens with zero attached hydrogens (tertiary/aromatic N) is 1. The molecule has 0 aromatic heterocycles. The van der Waals surface area contributed by atoms with Crippen LogP contribution in [0.5, 0.6) is 5.75 Å². The number of halogens is 1. The number of hydroxylamine groups is 2. The Balaban J connectivity index is 1.87. The number of thioether (sulfide) groups is 1. The van der Waals surface area contributed by atoms with Gasteiger partial charge in [-0.15, -0.1) is 16.8 Å². The second kappa shape index (κ2) is 6.76. The highest BCUT2D eigenvalue weighted by atomic mass is 32.2. The number of benzene rings is 2. The first-order chi connectivity index (χ1) is 11.9. The monoisotopic (exact) mass is 361 g/mol. The summed E-state index contributed by atoms with van der Waals surface area (Å²) in [6.07, 6.45) is 0. The van der Waals surface area contributed by atoms with Gasteiger partial charge >= 0.3 is 5.97 Å². The molecule has 1 atom stereocenters. The van der Waals surface area contributed by atoms with E-state index in [1.54, 1.807) is 37.3 Å². The quantitative estimate of drug-likeness (QED) is 0.836. The van der Waals surface area contributed by atoms with Crippen molar-refractivity contribution in [3.05, 3.63) is 65.5 Å². The molecule has 0 radical (unpaired) electrons. The molecule has 130 valence electrons. The van der Waals surface area contributed by atoms with Crippen LogP contribution in [0, 0.1) is 5.82 Å². The summed E-state index contributed by atoms with van der Waals surface area (Å²) in [4.78, 5) is 29.2. The molecule has 7 heteroatoms. The lowest BCUT2D eigenvalue weighted by Gasteiger charge is -2.32. The molecule has 25 heavy (non-hydrogen) atoms. The summed E-state index contributed by atoms with van der Waals surface area (Å²) in [6.45, 7) is 1.76. The minimum atomic E-state index is -0.917. The van der Waals surface area contributed by atoms with Crippen LogP contribution < -0.4 is 4.74 Å². The van der Waals surface area contributed by atoms with Gasteiger partial charge in [0.25, 0.3) is 5.91 Å². The van der Waals surface area contributed by atoms with Gasteiger partial charge in [-0.25, -0.2) is 9.18 Å². The second-order valence-electron chi connectivity index (χ2n) is 5.58. The molecule has 1 amide bonds. The van der Waals surface area contributed by atoms with Crippen LogP contribution in [0.15, 0.2) is 48.5 Å². The first kappa shape index (κ1) is 17.3. The summed E-state index contributed by atoms with van der Waals surface area (Å²) in [5.41, 5.74) is 0.939. The van der Waals surface area contributed by atoms with Crippen molar-refractivity contribution < 1.29 is 23.6 Å². The smallest absolute Gasteiger partial charge is 0.363 e. The van der Waals surface area contributed by atoms with E-state index >= 15 is 0 Å². The van der Waals surface area contributed by atoms with Crippen molar-refractivity contribution in [3.8, 4) is 5.75 Å². The van der Waals surface area contributed by atoms with E-state index in [4.69, 9.17) is 9.57 Å². The van der Waals surface area contributed by atoms with Crippen LogP contribution in [-0.2, 0) is 14.5 Å². The standard InChI is InChI=1S/C18H16FNO4S/c1-18(13-6-8-14(19)9-7-13)20(16(21)11-25-18)24-17(22)12-4-3-5-15(10-12)23-2/h3-10H,11H2,1-2H3. The van der Waals surface area contributed by atoms with E-state index in [-0.39, 0.29) is 23.0 Å². The fraction of sp³-hybridized carbons (Fsp3) is 0.222. The number of carbonyl (C=O) groups is 2. The zero-order valence-corrected chi connectivity index (χ0v) is 14.5. The molecule has 1 unspecified atom stereocenters. The lowest BCUT2D eigenvalue weighted by atomic mass is 10.1. The van der Waals surface area contributed by atoms with Crippen molar-refractivity contribution >= 4 is 23.6 Å². The number of hydrogen-bond donors (Lipinski definition) is 0. The third-order valence-corrected chi connectivity index (χ3v) is 5.31. The van der Waals surface area contributed by atoms with Crippen LogP contribution in [-0.4, -0.2) is 29.8 Å². The summed E-state index contributed by atoms with van der Waals surface area (Å²) in [6, 6.07) is 12.3. The van der Waals surface area contributed by atoms with E-state index in [1.807, 2.05) is 0 Å². The highest BCUT2D eigenvalue weighted by molar-refractivity contribution is 8.01. The van der Waals surface area contributed by atoms with E-state index in [1.165, 1.54) is 37.1 Å². The fourth-order valence-corrected chi connectivity index (χ4v) is 3.62. The molecule has 2 aromatic rings. The van der Waals surface area contributed by atoms with Crippen molar-refractivity contribution in [2.75, 3.05) is 12.9 Å². The van der Waals surface area contributed by atoms with E-state index in [0.717, 1.165) is 5.06 Å². The van der Waals surface area contributed by atoms with Crippen LogP contribution in [0.1, 0.15) is 22.8 Å². The van der Waals surface area contributed by atoms with Crippen LogP contribution in [0.25, 0.3) is 0 Å². The largest absolute Gasteiger partial charge is 0.497 e. The number of rotatable bonds is 4. The highest BCUT2D eigenvalue weighted by Crippen LogP contribution is 2.45. The molecule has 1 aliphatic rings. The molecule has 3 rings (SSSR count). The van der Waals surface area contributed by atoms with Gasteiger partial charge in [0.05, 0.1) is 18.4 Å². The van der Waals surface area contributed by atoms with Gasteiger partial charge in [-0.05, 0) is 42.8 Å². The topological polar surface area (TPSA) is 55.8 Å². The molecule has 5 nitrogen and oxygen atoms in total. The van der Waals surface area contributed by atoms with Gasteiger partial charge in [-0.3, -0.25) is 4.79 Å². The number of hydrogen-bond acceptors (Lipinski definition) is 5. The maximum absolute atomic E-state index is 13.2. The summed E-state index contributed by atoms with van der Waals surface area (Å²) in [5, 5.41) is 1.06. The maximum atomic E-state index is 13.2. The van der Waals surface area contributed by atoms with E-state index in [9.17, 15) is 14.0 Å². The van der Waals surface area contributed by atoms with Crippen LogP contribution in [0.4, 0.5) is 4.39 Å². The van der Waals surface area contributed by atoms with Crippen molar-refractivity contribution in [1.29, 1.82) is 0 Å². The Morgan fingerprint density at radius 1 is 1.24 bits per heavy atom. The Morgan fingerprint density at radius 3 is 2.64 bits per heavy atom. The number of amides is 1. The van der Waals surface area contributed by atoms with Gasteiger partial charge < -0.3 is 9.57 Å². The van der Waals surface area contributed by atoms with E-state index < -0.39 is 10.8 Å². The van der Waals surface area contributed by atoms with Gasteiger partial charge in [0, 0.05) is 0 Å². The first-order valence-electron chi connectivity index (χ1n) is 7.53. The molecular weight excluding hydrogens is 345 g/mol. The van der Waals surface area contributed by atoms with Crippen molar-refractivity contribution in [1.82, 2.24) is 5.06 Å². The predicted molar refractivity (Wildman–Crippen MR) is 91.5 cm³/mol. The zero-order chi connectivity index (χ0) is 18.0. The summed E-state index contributed by atoms with van der Waals surface area (Å²) >= 11 is 1.32. The number of carbonyl (C=O) groups excluding carboxylic acids is 2. The maximum Gasteiger partial charge on any atom is 0.363 e. The Hall–Kier alpha value is -2.54. The van der Waals surface area contributed by atoms with Crippen LogP contribution in [0.3, 0.4) is 0 Å². The van der Waals surface area contributed by atoms with Crippen LogP contribution in [0.2, 0.25) is 0 Å². The van der Waals surface area contributed by atoms with E-state index in [0.29, 0.717) is 11.3 Å². The Morgan fingerprint density at radius 2 is 1.96 bits per heavy atom. The average Bonchev–Trinajstić information content (AvgIpc) is 2.91. The van der Waals surface area contributed by atoms with Gasteiger partial charge in [0.2, 0.25) is 0 Å². The zero-order valence-electron chi connectivity index (χ0n) is 13.7. The molecule has 1 aliphatic heterocycles. The van der Waals surface area contributed by atoms with Gasteiger partial charge in [-0.2, -0.15) is 0 Å². The summed E-state index contributed by atoms with van der Waals surface area (Å²) < 4.78 is 18.3. The Labute approximate surface area is 148 Å². The van der Waals surface area contributed by atoms with Crippen LogP contribution >= 0.6 is 11.8 Å². The lowest BCUT2D eigenvalue weighted by Crippen LogP contribution is -2.41. The highest BCUT2D eigenvalue weighted by Gasteiger charge is 2.47. The molecule has 0 bridgehead atoms. The van der Waals surface area contributed by atoms with Crippen molar-refractivity contribution in [2.24, 2.45) is 0 Å². The average molecular weight is 361 g/mol. The number of methoxy groups -OCH3 is 1. The predicted octanol–water partition coefficient (Wildman–Crippen LogP) is 3.35. The minimum absolute atomic E-state index is 0.166. The summed E-state index contributed by atoms with van der Waals surface area (Å²) in [7, 11) is 1.50. The normalized spacial score (nSPS) is 19.8. The minimum Gasteiger partial charge on any atom is -0.497 e. The van der Waals surface area contributed by atoms with Crippen molar-refractivity contribution in [3.63, 3.8) is 0 Å².